The van der Waals surface area contributed by atoms with Crippen LogP contribution < -0.4 is 15.6 Å². The Hall–Kier alpha value is -2.74. The molecule has 6 nitrogen and oxygen atoms in total. The maximum atomic E-state index is 13.8. The Morgan fingerprint density at radius 1 is 1.21 bits per heavy atom. The summed E-state index contributed by atoms with van der Waals surface area (Å²) in [7, 11) is 0. The van der Waals surface area contributed by atoms with Gasteiger partial charge >= 0.3 is 0 Å². The van der Waals surface area contributed by atoms with E-state index in [1.165, 1.54) is 12.1 Å². The molecule has 1 amide bonds. The van der Waals surface area contributed by atoms with Crippen LogP contribution in [0.3, 0.4) is 0 Å². The highest BCUT2D eigenvalue weighted by atomic mass is 79.9. The second kappa shape index (κ2) is 8.32. The topological polar surface area (TPSA) is 73.2 Å². The third kappa shape index (κ3) is 4.32. The van der Waals surface area contributed by atoms with Crippen molar-refractivity contribution in [3.63, 3.8) is 0 Å². The molecule has 0 saturated carbocycles. The Kier molecular flexibility index (Phi) is 5.62. The SMILES string of the molecule is O=C(COc1ccc2nc3n(c(=O)c2c1)CCCCC3)Nc1ccc(Br)cc1F. The van der Waals surface area contributed by atoms with Gasteiger partial charge in [0.2, 0.25) is 0 Å². The molecule has 150 valence electrons. The minimum atomic E-state index is -0.543. The van der Waals surface area contributed by atoms with Crippen LogP contribution in [0.2, 0.25) is 0 Å². The second-order valence-corrected chi connectivity index (χ2v) is 7.85. The van der Waals surface area contributed by atoms with Gasteiger partial charge in [0.05, 0.1) is 16.6 Å². The van der Waals surface area contributed by atoms with E-state index in [-0.39, 0.29) is 17.9 Å². The van der Waals surface area contributed by atoms with Crippen molar-refractivity contribution >= 4 is 38.4 Å². The van der Waals surface area contributed by atoms with E-state index in [0.717, 1.165) is 31.5 Å². The van der Waals surface area contributed by atoms with Crippen LogP contribution in [0, 0.1) is 5.82 Å². The Labute approximate surface area is 174 Å². The summed E-state index contributed by atoms with van der Waals surface area (Å²) < 4.78 is 21.7. The average Bonchev–Trinajstić information content (AvgIpc) is 2.95. The highest BCUT2D eigenvalue weighted by Crippen LogP contribution is 2.21. The Morgan fingerprint density at radius 2 is 2.07 bits per heavy atom. The van der Waals surface area contributed by atoms with Crippen molar-refractivity contribution in [3.05, 3.63) is 62.9 Å². The van der Waals surface area contributed by atoms with Crippen LogP contribution in [0.4, 0.5) is 10.1 Å². The van der Waals surface area contributed by atoms with E-state index < -0.39 is 11.7 Å². The Bertz CT molecular complexity index is 1150. The summed E-state index contributed by atoms with van der Waals surface area (Å²) in [4.78, 5) is 29.6. The quantitative estimate of drug-likeness (QED) is 0.638. The summed E-state index contributed by atoms with van der Waals surface area (Å²) in [6.45, 7) is 0.365. The van der Waals surface area contributed by atoms with E-state index in [1.807, 2.05) is 0 Å². The molecule has 0 radical (unpaired) electrons. The number of fused-ring (bicyclic) bond motifs is 2. The normalized spacial score (nSPS) is 13.6. The summed E-state index contributed by atoms with van der Waals surface area (Å²) >= 11 is 3.17. The molecule has 8 heteroatoms. The number of anilines is 1. The molecule has 2 heterocycles. The number of nitrogens with one attached hydrogen (secondary N) is 1. The van der Waals surface area contributed by atoms with Gasteiger partial charge in [-0.2, -0.15) is 0 Å². The maximum Gasteiger partial charge on any atom is 0.262 e. The largest absolute Gasteiger partial charge is 0.484 e. The number of benzene rings is 2. The van der Waals surface area contributed by atoms with E-state index >= 15 is 0 Å². The average molecular weight is 460 g/mol. The number of amides is 1. The first-order valence-electron chi connectivity index (χ1n) is 9.42. The summed E-state index contributed by atoms with van der Waals surface area (Å²) in [5.74, 6) is 0.169. The molecule has 4 rings (SSSR count). The van der Waals surface area contributed by atoms with Gasteiger partial charge in [-0.25, -0.2) is 9.37 Å². The number of halogens is 2. The van der Waals surface area contributed by atoms with Crippen LogP contribution >= 0.6 is 15.9 Å². The van der Waals surface area contributed by atoms with Crippen molar-refractivity contribution in [2.45, 2.75) is 32.2 Å². The van der Waals surface area contributed by atoms with Gasteiger partial charge in [-0.15, -0.1) is 0 Å². The van der Waals surface area contributed by atoms with Crippen molar-refractivity contribution in [1.29, 1.82) is 0 Å². The highest BCUT2D eigenvalue weighted by molar-refractivity contribution is 9.10. The maximum absolute atomic E-state index is 13.8. The van der Waals surface area contributed by atoms with E-state index in [0.29, 0.717) is 27.7 Å². The van der Waals surface area contributed by atoms with Gasteiger partial charge in [-0.3, -0.25) is 14.2 Å². The van der Waals surface area contributed by atoms with Crippen molar-refractivity contribution in [1.82, 2.24) is 9.55 Å². The first kappa shape index (κ1) is 19.6. The fourth-order valence-corrected chi connectivity index (χ4v) is 3.75. The van der Waals surface area contributed by atoms with Crippen LogP contribution in [0.1, 0.15) is 25.1 Å². The molecule has 2 aromatic carbocycles. The predicted molar refractivity (Wildman–Crippen MR) is 112 cm³/mol. The molecule has 1 aromatic heterocycles. The van der Waals surface area contributed by atoms with Crippen LogP contribution in [0.15, 0.2) is 45.7 Å². The molecule has 1 aliphatic heterocycles. The Balaban J connectivity index is 1.50. The zero-order valence-electron chi connectivity index (χ0n) is 15.6. The van der Waals surface area contributed by atoms with Crippen molar-refractivity contribution < 1.29 is 13.9 Å². The van der Waals surface area contributed by atoms with E-state index in [1.54, 1.807) is 28.8 Å². The van der Waals surface area contributed by atoms with Gasteiger partial charge in [-0.05, 0) is 49.2 Å². The smallest absolute Gasteiger partial charge is 0.262 e. The van der Waals surface area contributed by atoms with Crippen molar-refractivity contribution in [2.24, 2.45) is 0 Å². The number of hydrogen-bond acceptors (Lipinski definition) is 4. The van der Waals surface area contributed by atoms with Gasteiger partial charge in [0.25, 0.3) is 11.5 Å². The zero-order chi connectivity index (χ0) is 20.4. The monoisotopic (exact) mass is 459 g/mol. The number of carbonyl (C=O) groups excluding carboxylic acids is 1. The fourth-order valence-electron chi connectivity index (χ4n) is 3.41. The van der Waals surface area contributed by atoms with Crippen molar-refractivity contribution in [3.8, 4) is 5.75 Å². The predicted octanol–water partition coefficient (Wildman–Crippen LogP) is 4.04. The van der Waals surface area contributed by atoms with Crippen LogP contribution in [0.25, 0.3) is 10.9 Å². The molecular formula is C21H19BrFN3O3. The van der Waals surface area contributed by atoms with Gasteiger partial charge in [0.15, 0.2) is 6.61 Å². The number of aromatic nitrogens is 2. The van der Waals surface area contributed by atoms with Gasteiger partial charge < -0.3 is 10.1 Å². The fraction of sp³-hybridized carbons (Fsp3) is 0.286. The van der Waals surface area contributed by atoms with Crippen molar-refractivity contribution in [2.75, 3.05) is 11.9 Å². The van der Waals surface area contributed by atoms with Crippen LogP contribution in [-0.2, 0) is 17.8 Å². The van der Waals surface area contributed by atoms with Crippen LogP contribution in [0.5, 0.6) is 5.75 Å². The second-order valence-electron chi connectivity index (χ2n) is 6.94. The first-order valence-corrected chi connectivity index (χ1v) is 10.2. The highest BCUT2D eigenvalue weighted by Gasteiger charge is 2.15. The molecule has 0 bridgehead atoms. The molecule has 3 aromatic rings. The zero-order valence-corrected chi connectivity index (χ0v) is 17.2. The lowest BCUT2D eigenvalue weighted by molar-refractivity contribution is -0.118. The Morgan fingerprint density at radius 3 is 2.90 bits per heavy atom. The standard InChI is InChI=1S/C21H19BrFN3O3/c22-13-5-7-18(16(23)10-13)25-20(27)12-29-14-6-8-17-15(11-14)21(28)26-9-3-1-2-4-19(26)24-17/h5-8,10-11H,1-4,9,12H2,(H,25,27). The minimum Gasteiger partial charge on any atom is -0.484 e. The first-order chi connectivity index (χ1) is 14.0. The number of aryl methyl sites for hydroxylation is 1. The molecule has 0 spiro atoms. The number of hydrogen-bond donors (Lipinski definition) is 1. The third-order valence-corrected chi connectivity index (χ3v) is 5.36. The minimum absolute atomic E-state index is 0.0745. The molecule has 1 aliphatic rings. The molecule has 0 atom stereocenters. The molecule has 0 aliphatic carbocycles. The summed E-state index contributed by atoms with van der Waals surface area (Å²) in [6.07, 6.45) is 3.88. The number of nitrogens with zero attached hydrogens (tertiary/aromatic N) is 2. The van der Waals surface area contributed by atoms with E-state index in [4.69, 9.17) is 4.74 Å². The van der Waals surface area contributed by atoms with E-state index in [9.17, 15) is 14.0 Å². The third-order valence-electron chi connectivity index (χ3n) is 4.86. The summed E-state index contributed by atoms with van der Waals surface area (Å²) in [6, 6.07) is 9.37. The van der Waals surface area contributed by atoms with Gasteiger partial charge in [-0.1, -0.05) is 22.4 Å². The molecular weight excluding hydrogens is 441 g/mol. The van der Waals surface area contributed by atoms with Gasteiger partial charge in [0.1, 0.15) is 17.4 Å². The number of ether oxygens (including phenoxy) is 1. The lowest BCUT2D eigenvalue weighted by atomic mass is 10.2. The molecule has 29 heavy (non-hydrogen) atoms. The molecule has 0 saturated heterocycles. The number of carbonyl (C=O) groups is 1. The number of rotatable bonds is 4. The molecule has 1 N–H and O–H groups in total. The van der Waals surface area contributed by atoms with E-state index in [2.05, 4.69) is 26.2 Å². The lowest BCUT2D eigenvalue weighted by Gasteiger charge is -2.12. The summed E-state index contributed by atoms with van der Waals surface area (Å²) in [5, 5.41) is 2.93. The van der Waals surface area contributed by atoms with Crippen LogP contribution in [-0.4, -0.2) is 22.1 Å². The molecule has 0 fully saturated rings. The van der Waals surface area contributed by atoms with Gasteiger partial charge in [0, 0.05) is 17.4 Å². The summed E-state index contributed by atoms with van der Waals surface area (Å²) in [5.41, 5.74) is 0.612. The lowest BCUT2D eigenvalue weighted by Crippen LogP contribution is -2.24. The molecule has 0 unspecified atom stereocenters.